The second-order valence-electron chi connectivity index (χ2n) is 5.43. The molecule has 2 aromatic rings. The van der Waals surface area contributed by atoms with Crippen molar-refractivity contribution in [2.45, 2.75) is 13.0 Å². The number of carbonyl (C=O) groups excluding carboxylic acids is 1. The molecule has 0 aliphatic carbocycles. The lowest BCUT2D eigenvalue weighted by Gasteiger charge is -2.18. The van der Waals surface area contributed by atoms with Crippen LogP contribution >= 0.6 is 0 Å². The van der Waals surface area contributed by atoms with Crippen molar-refractivity contribution in [1.82, 2.24) is 5.32 Å². The molecule has 0 saturated carbocycles. The van der Waals surface area contributed by atoms with Gasteiger partial charge in [0.25, 0.3) is 5.91 Å². The molecule has 23 heavy (non-hydrogen) atoms. The molecule has 3 rings (SSSR count). The molecule has 5 nitrogen and oxygen atoms in total. The molecule has 2 N–H and O–H groups in total. The fraction of sp³-hybridized carbons (Fsp3) is 0.278. The van der Waals surface area contributed by atoms with Gasteiger partial charge in [0.15, 0.2) is 0 Å². The first kappa shape index (κ1) is 15.4. The molecule has 2 aromatic carbocycles. The number of benzene rings is 2. The fourth-order valence-electron chi connectivity index (χ4n) is 2.75. The average molecular weight is 312 g/mol. The lowest BCUT2D eigenvalue weighted by Crippen LogP contribution is -2.23. The van der Waals surface area contributed by atoms with E-state index in [2.05, 4.69) is 16.7 Å². The van der Waals surface area contributed by atoms with Gasteiger partial charge >= 0.3 is 0 Å². The van der Waals surface area contributed by atoms with Gasteiger partial charge in [0.2, 0.25) is 0 Å². The summed E-state index contributed by atoms with van der Waals surface area (Å²) in [6.07, 6.45) is 1.02. The van der Waals surface area contributed by atoms with Gasteiger partial charge in [-0.05, 0) is 54.4 Å². The van der Waals surface area contributed by atoms with E-state index in [-0.39, 0.29) is 5.91 Å². The van der Waals surface area contributed by atoms with Gasteiger partial charge in [-0.3, -0.25) is 4.79 Å². The number of hydrogen-bond donors (Lipinski definition) is 2. The molecule has 0 bridgehead atoms. The maximum Gasteiger partial charge on any atom is 0.259 e. The van der Waals surface area contributed by atoms with E-state index in [0.29, 0.717) is 17.1 Å². The molecule has 5 heteroatoms. The molecule has 0 fully saturated rings. The second-order valence-corrected chi connectivity index (χ2v) is 5.43. The summed E-state index contributed by atoms with van der Waals surface area (Å²) in [5, 5.41) is 6.27. The summed E-state index contributed by atoms with van der Waals surface area (Å²) in [7, 11) is 3.11. The van der Waals surface area contributed by atoms with Gasteiger partial charge in [-0.25, -0.2) is 0 Å². The zero-order valence-corrected chi connectivity index (χ0v) is 13.3. The van der Waals surface area contributed by atoms with Crippen LogP contribution in [0.5, 0.6) is 11.5 Å². The van der Waals surface area contributed by atoms with E-state index in [4.69, 9.17) is 9.47 Å². The first-order valence-electron chi connectivity index (χ1n) is 7.57. The summed E-state index contributed by atoms with van der Waals surface area (Å²) in [5.41, 5.74) is 3.79. The Morgan fingerprint density at radius 1 is 1.09 bits per heavy atom. The summed E-state index contributed by atoms with van der Waals surface area (Å²) in [6, 6.07) is 11.2. The standard InChI is InChI=1S/C18H20N2O3/c1-22-15-5-6-17(23-2)16(10-15)18(21)20-14-4-3-12-7-8-19-11-13(12)9-14/h3-6,9-10,19H,7-8,11H2,1-2H3,(H,20,21). The maximum atomic E-state index is 12.6. The van der Waals surface area contributed by atoms with Crippen molar-refractivity contribution in [2.24, 2.45) is 0 Å². The third-order valence-electron chi connectivity index (χ3n) is 4.00. The first-order chi connectivity index (χ1) is 11.2. The van der Waals surface area contributed by atoms with Crippen LogP contribution in [0, 0.1) is 0 Å². The smallest absolute Gasteiger partial charge is 0.259 e. The largest absolute Gasteiger partial charge is 0.497 e. The molecule has 0 spiro atoms. The fourth-order valence-corrected chi connectivity index (χ4v) is 2.75. The lowest BCUT2D eigenvalue weighted by atomic mass is 10.0. The van der Waals surface area contributed by atoms with Crippen LogP contribution in [-0.2, 0) is 13.0 Å². The van der Waals surface area contributed by atoms with Gasteiger partial charge < -0.3 is 20.1 Å². The molecular formula is C18H20N2O3. The summed E-state index contributed by atoms with van der Waals surface area (Å²) in [6.45, 7) is 1.83. The van der Waals surface area contributed by atoms with E-state index in [0.717, 1.165) is 25.2 Å². The highest BCUT2D eigenvalue weighted by molar-refractivity contribution is 6.06. The first-order valence-corrected chi connectivity index (χ1v) is 7.57. The minimum atomic E-state index is -0.218. The van der Waals surface area contributed by atoms with E-state index in [1.54, 1.807) is 32.4 Å². The SMILES string of the molecule is COc1ccc(OC)c(C(=O)Nc2ccc3c(c2)CNCC3)c1. The molecular weight excluding hydrogens is 292 g/mol. The van der Waals surface area contributed by atoms with Crippen LogP contribution in [0.4, 0.5) is 5.69 Å². The maximum absolute atomic E-state index is 12.6. The Morgan fingerprint density at radius 3 is 2.74 bits per heavy atom. The van der Waals surface area contributed by atoms with Gasteiger partial charge in [0, 0.05) is 12.2 Å². The molecule has 1 aliphatic rings. The Bertz CT molecular complexity index is 728. The Hall–Kier alpha value is -2.53. The van der Waals surface area contributed by atoms with E-state index in [1.807, 2.05) is 12.1 Å². The van der Waals surface area contributed by atoms with Crippen LogP contribution in [0.25, 0.3) is 0 Å². The quantitative estimate of drug-likeness (QED) is 0.911. The van der Waals surface area contributed by atoms with E-state index in [1.165, 1.54) is 11.1 Å². The van der Waals surface area contributed by atoms with Crippen LogP contribution in [0.1, 0.15) is 21.5 Å². The third-order valence-corrected chi connectivity index (χ3v) is 4.00. The summed E-state index contributed by atoms with van der Waals surface area (Å²) in [5.74, 6) is 0.915. The van der Waals surface area contributed by atoms with Crippen LogP contribution in [0.3, 0.4) is 0 Å². The molecule has 0 saturated heterocycles. The van der Waals surface area contributed by atoms with Gasteiger partial charge in [-0.1, -0.05) is 6.07 Å². The summed E-state index contributed by atoms with van der Waals surface area (Å²) in [4.78, 5) is 12.6. The van der Waals surface area contributed by atoms with E-state index >= 15 is 0 Å². The van der Waals surface area contributed by atoms with Crippen LogP contribution in [-0.4, -0.2) is 26.7 Å². The Labute approximate surface area is 135 Å². The zero-order valence-electron chi connectivity index (χ0n) is 13.3. The zero-order chi connectivity index (χ0) is 16.2. The minimum Gasteiger partial charge on any atom is -0.497 e. The normalized spacial score (nSPS) is 13.1. The van der Waals surface area contributed by atoms with Crippen molar-refractivity contribution in [3.8, 4) is 11.5 Å². The number of nitrogens with one attached hydrogen (secondary N) is 2. The molecule has 0 aromatic heterocycles. The van der Waals surface area contributed by atoms with E-state index < -0.39 is 0 Å². The Morgan fingerprint density at radius 2 is 1.96 bits per heavy atom. The molecule has 1 heterocycles. The third kappa shape index (κ3) is 3.29. The number of amides is 1. The predicted octanol–water partition coefficient (Wildman–Crippen LogP) is 2.60. The van der Waals surface area contributed by atoms with Gasteiger partial charge in [-0.15, -0.1) is 0 Å². The monoisotopic (exact) mass is 312 g/mol. The topological polar surface area (TPSA) is 59.6 Å². The van der Waals surface area contributed by atoms with Crippen molar-refractivity contribution in [1.29, 1.82) is 0 Å². The predicted molar refractivity (Wildman–Crippen MR) is 89.4 cm³/mol. The number of rotatable bonds is 4. The molecule has 1 aliphatic heterocycles. The number of anilines is 1. The average Bonchev–Trinajstić information content (AvgIpc) is 2.61. The van der Waals surface area contributed by atoms with Crippen molar-refractivity contribution in [3.63, 3.8) is 0 Å². The molecule has 120 valence electrons. The van der Waals surface area contributed by atoms with Crippen molar-refractivity contribution in [2.75, 3.05) is 26.1 Å². The van der Waals surface area contributed by atoms with Gasteiger partial charge in [0.05, 0.1) is 19.8 Å². The number of fused-ring (bicyclic) bond motifs is 1. The van der Waals surface area contributed by atoms with Crippen LogP contribution in [0.2, 0.25) is 0 Å². The molecule has 0 radical (unpaired) electrons. The molecule has 0 unspecified atom stereocenters. The number of ether oxygens (including phenoxy) is 2. The van der Waals surface area contributed by atoms with Crippen LogP contribution < -0.4 is 20.1 Å². The van der Waals surface area contributed by atoms with Gasteiger partial charge in [0.1, 0.15) is 11.5 Å². The van der Waals surface area contributed by atoms with E-state index in [9.17, 15) is 4.79 Å². The minimum absolute atomic E-state index is 0.218. The number of methoxy groups -OCH3 is 2. The Kier molecular flexibility index (Phi) is 4.48. The number of hydrogen-bond acceptors (Lipinski definition) is 4. The highest BCUT2D eigenvalue weighted by Crippen LogP contribution is 2.26. The molecule has 0 atom stereocenters. The number of carbonyl (C=O) groups is 1. The molecule has 1 amide bonds. The summed E-state index contributed by atoms with van der Waals surface area (Å²) >= 11 is 0. The second kappa shape index (κ2) is 6.71. The van der Waals surface area contributed by atoms with Crippen LogP contribution in [0.15, 0.2) is 36.4 Å². The Balaban J connectivity index is 1.84. The summed E-state index contributed by atoms with van der Waals surface area (Å²) < 4.78 is 10.5. The highest BCUT2D eigenvalue weighted by Gasteiger charge is 2.15. The van der Waals surface area contributed by atoms with Crippen molar-refractivity contribution >= 4 is 11.6 Å². The van der Waals surface area contributed by atoms with Crippen molar-refractivity contribution in [3.05, 3.63) is 53.1 Å². The lowest BCUT2D eigenvalue weighted by molar-refractivity contribution is 0.102. The van der Waals surface area contributed by atoms with Gasteiger partial charge in [-0.2, -0.15) is 0 Å². The highest BCUT2D eigenvalue weighted by atomic mass is 16.5. The van der Waals surface area contributed by atoms with Crippen molar-refractivity contribution < 1.29 is 14.3 Å².